The first-order valence-electron chi connectivity index (χ1n) is 6.58. The number of morpholine rings is 1. The number of amides is 2. The van der Waals surface area contributed by atoms with Gasteiger partial charge in [0.25, 0.3) is 0 Å². The average molecular weight is 270 g/mol. The zero-order valence-corrected chi connectivity index (χ0v) is 12.1. The molecule has 2 heterocycles. The van der Waals surface area contributed by atoms with Gasteiger partial charge in [-0.3, -0.25) is 4.79 Å². The number of hydrogen-bond donors (Lipinski definition) is 0. The van der Waals surface area contributed by atoms with Gasteiger partial charge in [-0.05, 0) is 20.8 Å². The van der Waals surface area contributed by atoms with Crippen molar-refractivity contribution in [2.75, 3.05) is 32.8 Å². The van der Waals surface area contributed by atoms with Crippen LogP contribution in [-0.4, -0.2) is 65.8 Å². The monoisotopic (exact) mass is 270 g/mol. The topological polar surface area (TPSA) is 59.1 Å². The van der Waals surface area contributed by atoms with Crippen LogP contribution in [0.2, 0.25) is 0 Å². The molecule has 2 aliphatic heterocycles. The molecule has 2 amide bonds. The third kappa shape index (κ3) is 3.18. The van der Waals surface area contributed by atoms with Crippen LogP contribution >= 0.6 is 0 Å². The molecule has 6 nitrogen and oxygen atoms in total. The second-order valence-electron chi connectivity index (χ2n) is 6.31. The summed E-state index contributed by atoms with van der Waals surface area (Å²) in [4.78, 5) is 26.6. The minimum Gasteiger partial charge on any atom is -0.444 e. The summed E-state index contributed by atoms with van der Waals surface area (Å²) in [6.07, 6.45) is -0.318. The summed E-state index contributed by atoms with van der Waals surface area (Å²) < 4.78 is 11.0. The van der Waals surface area contributed by atoms with Crippen molar-refractivity contribution in [2.24, 2.45) is 0 Å². The van der Waals surface area contributed by atoms with Crippen molar-refractivity contribution < 1.29 is 19.1 Å². The Morgan fingerprint density at radius 3 is 2.26 bits per heavy atom. The molecule has 0 aromatic heterocycles. The van der Waals surface area contributed by atoms with Crippen molar-refractivity contribution in [1.82, 2.24) is 9.80 Å². The molecule has 108 valence electrons. The fourth-order valence-electron chi connectivity index (χ4n) is 2.41. The largest absolute Gasteiger partial charge is 0.444 e. The Morgan fingerprint density at radius 1 is 1.16 bits per heavy atom. The first-order valence-corrected chi connectivity index (χ1v) is 6.58. The van der Waals surface area contributed by atoms with Gasteiger partial charge in [0.1, 0.15) is 11.2 Å². The molecule has 2 fully saturated rings. The Kier molecular flexibility index (Phi) is 3.47. The lowest BCUT2D eigenvalue weighted by Crippen LogP contribution is -2.71. The number of nitrogens with zero attached hydrogens (tertiary/aromatic N) is 2. The summed E-state index contributed by atoms with van der Waals surface area (Å²) in [6.45, 7) is 9.78. The maximum Gasteiger partial charge on any atom is 0.410 e. The number of carbonyl (C=O) groups excluding carboxylic acids is 2. The van der Waals surface area contributed by atoms with E-state index in [4.69, 9.17) is 9.47 Å². The van der Waals surface area contributed by atoms with Gasteiger partial charge >= 0.3 is 6.09 Å². The van der Waals surface area contributed by atoms with Crippen molar-refractivity contribution in [3.05, 3.63) is 0 Å². The first-order chi connectivity index (χ1) is 8.71. The summed E-state index contributed by atoms with van der Waals surface area (Å²) in [5, 5.41) is 0. The third-order valence-corrected chi connectivity index (χ3v) is 3.30. The number of hydrogen-bond acceptors (Lipinski definition) is 4. The van der Waals surface area contributed by atoms with Crippen LogP contribution in [0.1, 0.15) is 27.7 Å². The molecule has 0 aromatic carbocycles. The number of carbonyl (C=O) groups is 2. The molecule has 1 spiro atoms. The van der Waals surface area contributed by atoms with E-state index in [0.29, 0.717) is 32.8 Å². The molecular weight excluding hydrogens is 248 g/mol. The quantitative estimate of drug-likeness (QED) is 0.655. The number of ether oxygens (including phenoxy) is 2. The van der Waals surface area contributed by atoms with E-state index in [1.165, 1.54) is 0 Å². The van der Waals surface area contributed by atoms with E-state index >= 15 is 0 Å². The summed E-state index contributed by atoms with van der Waals surface area (Å²) >= 11 is 0. The lowest BCUT2D eigenvalue weighted by Gasteiger charge is -2.53. The predicted molar refractivity (Wildman–Crippen MR) is 68.7 cm³/mol. The Hall–Kier alpha value is -1.30. The SMILES string of the molecule is CC(=O)N1CCOC2(C1)CN(C(=O)OC(C)(C)C)C2. The molecule has 0 atom stereocenters. The van der Waals surface area contributed by atoms with Crippen LogP contribution in [-0.2, 0) is 14.3 Å². The number of likely N-dealkylation sites (tertiary alicyclic amines) is 1. The van der Waals surface area contributed by atoms with E-state index in [2.05, 4.69) is 0 Å². The van der Waals surface area contributed by atoms with E-state index < -0.39 is 5.60 Å². The lowest BCUT2D eigenvalue weighted by atomic mass is 9.92. The summed E-state index contributed by atoms with van der Waals surface area (Å²) in [5.41, 5.74) is -0.875. The van der Waals surface area contributed by atoms with Crippen LogP contribution in [0.3, 0.4) is 0 Å². The van der Waals surface area contributed by atoms with Crippen molar-refractivity contribution in [3.63, 3.8) is 0 Å². The average Bonchev–Trinajstić information content (AvgIpc) is 2.23. The van der Waals surface area contributed by atoms with Crippen molar-refractivity contribution in [2.45, 2.75) is 38.9 Å². The molecule has 6 heteroatoms. The smallest absolute Gasteiger partial charge is 0.410 e. The molecule has 2 rings (SSSR count). The van der Waals surface area contributed by atoms with Crippen LogP contribution < -0.4 is 0 Å². The van der Waals surface area contributed by atoms with Crippen molar-refractivity contribution in [1.29, 1.82) is 0 Å². The molecule has 0 radical (unpaired) electrons. The molecule has 0 bridgehead atoms. The van der Waals surface area contributed by atoms with Crippen LogP contribution in [0.15, 0.2) is 0 Å². The molecule has 0 N–H and O–H groups in total. The van der Waals surface area contributed by atoms with Gasteiger partial charge in [0.2, 0.25) is 5.91 Å². The summed E-state index contributed by atoms with van der Waals surface area (Å²) in [6, 6.07) is 0. The molecule has 0 saturated carbocycles. The lowest BCUT2D eigenvalue weighted by molar-refractivity contribution is -0.183. The zero-order valence-electron chi connectivity index (χ0n) is 12.1. The van der Waals surface area contributed by atoms with Crippen LogP contribution in [0.25, 0.3) is 0 Å². The maximum absolute atomic E-state index is 11.8. The number of rotatable bonds is 0. The first kappa shape index (κ1) is 14.1. The Bertz CT molecular complexity index is 383. The molecule has 2 saturated heterocycles. The highest BCUT2D eigenvalue weighted by Gasteiger charge is 2.50. The Balaban J connectivity index is 1.88. The minimum absolute atomic E-state index is 0.0541. The molecule has 0 aromatic rings. The summed E-state index contributed by atoms with van der Waals surface area (Å²) in [7, 11) is 0. The molecule has 0 aliphatic carbocycles. The maximum atomic E-state index is 11.8. The van der Waals surface area contributed by atoms with Gasteiger partial charge in [0, 0.05) is 13.5 Å². The zero-order chi connectivity index (χ0) is 14.3. The predicted octanol–water partition coefficient (Wildman–Crippen LogP) is 0.855. The van der Waals surface area contributed by atoms with E-state index in [1.807, 2.05) is 20.8 Å². The standard InChI is InChI=1S/C13H22N2O4/c1-10(16)14-5-6-18-13(7-14)8-15(9-13)11(17)19-12(2,3)4/h5-9H2,1-4H3. The fourth-order valence-corrected chi connectivity index (χ4v) is 2.41. The van der Waals surface area contributed by atoms with Gasteiger partial charge in [-0.25, -0.2) is 4.79 Å². The highest BCUT2D eigenvalue weighted by atomic mass is 16.6. The van der Waals surface area contributed by atoms with E-state index in [0.717, 1.165) is 0 Å². The molecular formula is C13H22N2O4. The highest BCUT2D eigenvalue weighted by molar-refractivity contribution is 5.74. The van der Waals surface area contributed by atoms with Gasteiger partial charge in [0.15, 0.2) is 0 Å². The van der Waals surface area contributed by atoms with Gasteiger partial charge in [-0.2, -0.15) is 0 Å². The van der Waals surface area contributed by atoms with E-state index in [-0.39, 0.29) is 17.6 Å². The van der Waals surface area contributed by atoms with Gasteiger partial charge < -0.3 is 19.3 Å². The van der Waals surface area contributed by atoms with E-state index in [1.54, 1.807) is 16.7 Å². The fraction of sp³-hybridized carbons (Fsp3) is 0.846. The van der Waals surface area contributed by atoms with Gasteiger partial charge in [-0.1, -0.05) is 0 Å². The molecule has 2 aliphatic rings. The highest BCUT2D eigenvalue weighted by Crippen LogP contribution is 2.30. The van der Waals surface area contributed by atoms with Crippen LogP contribution in [0.4, 0.5) is 4.79 Å². The second-order valence-corrected chi connectivity index (χ2v) is 6.31. The Labute approximate surface area is 113 Å². The van der Waals surface area contributed by atoms with Crippen molar-refractivity contribution >= 4 is 12.0 Å². The molecule has 0 unspecified atom stereocenters. The Morgan fingerprint density at radius 2 is 1.74 bits per heavy atom. The minimum atomic E-state index is -0.487. The van der Waals surface area contributed by atoms with E-state index in [9.17, 15) is 9.59 Å². The van der Waals surface area contributed by atoms with Gasteiger partial charge in [-0.15, -0.1) is 0 Å². The third-order valence-electron chi connectivity index (χ3n) is 3.30. The van der Waals surface area contributed by atoms with Crippen molar-refractivity contribution in [3.8, 4) is 0 Å². The van der Waals surface area contributed by atoms with Gasteiger partial charge in [0.05, 0.1) is 26.2 Å². The second kappa shape index (κ2) is 4.67. The van der Waals surface area contributed by atoms with Crippen LogP contribution in [0.5, 0.6) is 0 Å². The molecule has 19 heavy (non-hydrogen) atoms. The van der Waals surface area contributed by atoms with Crippen LogP contribution in [0, 0.1) is 0 Å². The normalized spacial score (nSPS) is 22.1. The summed E-state index contributed by atoms with van der Waals surface area (Å²) in [5.74, 6) is 0.0541.